The number of hydrogen-bond donors (Lipinski definition) is 1. The minimum Gasteiger partial charge on any atom is -0.454 e. The van der Waals surface area contributed by atoms with Gasteiger partial charge in [-0.1, -0.05) is 25.1 Å². The molecule has 0 unspecified atom stereocenters. The van der Waals surface area contributed by atoms with Gasteiger partial charge in [0.1, 0.15) is 5.75 Å². The van der Waals surface area contributed by atoms with Crippen LogP contribution >= 0.6 is 15.9 Å². The van der Waals surface area contributed by atoms with E-state index in [1.807, 2.05) is 24.3 Å². The van der Waals surface area contributed by atoms with Gasteiger partial charge in [0.15, 0.2) is 11.6 Å². The Morgan fingerprint density at radius 3 is 2.42 bits per heavy atom. The Hall–Kier alpha value is -1.39. The van der Waals surface area contributed by atoms with Crippen LogP contribution in [0.4, 0.5) is 4.39 Å². The van der Waals surface area contributed by atoms with E-state index in [9.17, 15) is 4.39 Å². The third kappa shape index (κ3) is 3.14. The van der Waals surface area contributed by atoms with Crippen molar-refractivity contribution in [2.75, 3.05) is 0 Å². The highest BCUT2D eigenvalue weighted by molar-refractivity contribution is 9.10. The van der Waals surface area contributed by atoms with Crippen molar-refractivity contribution in [3.8, 4) is 11.5 Å². The maximum absolute atomic E-state index is 14.1. The van der Waals surface area contributed by atoms with E-state index in [4.69, 9.17) is 10.5 Å². The van der Waals surface area contributed by atoms with Gasteiger partial charge in [-0.2, -0.15) is 0 Å². The van der Waals surface area contributed by atoms with Crippen LogP contribution in [-0.2, 0) is 13.0 Å². The van der Waals surface area contributed by atoms with Gasteiger partial charge < -0.3 is 10.5 Å². The molecule has 0 amide bonds. The molecule has 0 aliphatic carbocycles. The Morgan fingerprint density at radius 2 is 1.84 bits per heavy atom. The Bertz CT molecular complexity index is 569. The summed E-state index contributed by atoms with van der Waals surface area (Å²) in [6.45, 7) is 2.36. The molecule has 0 saturated carbocycles. The van der Waals surface area contributed by atoms with Gasteiger partial charge in [-0.3, -0.25) is 0 Å². The third-order valence-electron chi connectivity index (χ3n) is 2.91. The van der Waals surface area contributed by atoms with Gasteiger partial charge in [0.05, 0.1) is 4.47 Å². The average molecular weight is 324 g/mol. The molecule has 100 valence electrons. The molecular formula is C15H15BrFNO. The zero-order chi connectivity index (χ0) is 13.8. The summed E-state index contributed by atoms with van der Waals surface area (Å²) < 4.78 is 20.0. The number of aryl methyl sites for hydroxylation is 1. The van der Waals surface area contributed by atoms with Crippen LogP contribution < -0.4 is 10.5 Å². The highest BCUT2D eigenvalue weighted by Gasteiger charge is 2.12. The lowest BCUT2D eigenvalue weighted by atomic mass is 10.2. The second kappa shape index (κ2) is 6.17. The number of ether oxygens (including phenoxy) is 1. The summed E-state index contributed by atoms with van der Waals surface area (Å²) in [6, 6.07) is 11.0. The van der Waals surface area contributed by atoms with Crippen molar-refractivity contribution in [2.24, 2.45) is 5.73 Å². The largest absolute Gasteiger partial charge is 0.454 e. The molecule has 0 aromatic heterocycles. The van der Waals surface area contributed by atoms with E-state index in [2.05, 4.69) is 22.9 Å². The molecule has 2 aromatic rings. The lowest BCUT2D eigenvalue weighted by Gasteiger charge is -2.10. The smallest absolute Gasteiger partial charge is 0.180 e. The van der Waals surface area contributed by atoms with Gasteiger partial charge in [0.2, 0.25) is 0 Å². The molecule has 0 fully saturated rings. The first kappa shape index (κ1) is 14.0. The van der Waals surface area contributed by atoms with Gasteiger partial charge in [-0.15, -0.1) is 0 Å². The summed E-state index contributed by atoms with van der Waals surface area (Å²) in [7, 11) is 0. The van der Waals surface area contributed by atoms with Crippen molar-refractivity contribution in [3.05, 3.63) is 57.8 Å². The number of rotatable bonds is 4. The molecule has 0 aliphatic rings. The van der Waals surface area contributed by atoms with Crippen molar-refractivity contribution in [3.63, 3.8) is 0 Å². The van der Waals surface area contributed by atoms with Crippen LogP contribution in [0.25, 0.3) is 0 Å². The van der Waals surface area contributed by atoms with E-state index in [1.54, 1.807) is 12.1 Å². The summed E-state index contributed by atoms with van der Waals surface area (Å²) in [5.74, 6) is 0.374. The maximum Gasteiger partial charge on any atom is 0.180 e. The first-order chi connectivity index (χ1) is 9.15. The van der Waals surface area contributed by atoms with E-state index in [0.29, 0.717) is 15.8 Å². The Balaban J connectivity index is 2.25. The molecule has 0 aliphatic heterocycles. The minimum absolute atomic E-state index is 0.188. The van der Waals surface area contributed by atoms with Crippen molar-refractivity contribution < 1.29 is 9.13 Å². The SMILES string of the molecule is CCc1ccc(Oc2ccc(CN)c(Br)c2F)cc1. The van der Waals surface area contributed by atoms with Crippen LogP contribution in [0.2, 0.25) is 0 Å². The number of benzene rings is 2. The number of halogens is 2. The molecule has 0 saturated heterocycles. The summed E-state index contributed by atoms with van der Waals surface area (Å²) in [5, 5.41) is 0. The molecule has 2 aromatic carbocycles. The van der Waals surface area contributed by atoms with Crippen molar-refractivity contribution in [1.82, 2.24) is 0 Å². The topological polar surface area (TPSA) is 35.2 Å². The highest BCUT2D eigenvalue weighted by Crippen LogP contribution is 2.31. The molecule has 0 bridgehead atoms. The van der Waals surface area contributed by atoms with Gasteiger partial charge in [0, 0.05) is 6.54 Å². The van der Waals surface area contributed by atoms with Crippen molar-refractivity contribution in [2.45, 2.75) is 19.9 Å². The van der Waals surface area contributed by atoms with Crippen LogP contribution in [-0.4, -0.2) is 0 Å². The standard InChI is InChI=1S/C15H15BrFNO/c1-2-10-3-6-12(7-4-10)19-13-8-5-11(9-18)14(16)15(13)17/h3-8H,2,9,18H2,1H3. The van der Waals surface area contributed by atoms with E-state index in [1.165, 1.54) is 5.56 Å². The Morgan fingerprint density at radius 1 is 1.16 bits per heavy atom. The third-order valence-corrected chi connectivity index (χ3v) is 3.76. The van der Waals surface area contributed by atoms with Crippen LogP contribution in [0, 0.1) is 5.82 Å². The molecule has 0 radical (unpaired) electrons. The maximum atomic E-state index is 14.1. The molecule has 0 heterocycles. The average Bonchev–Trinajstić information content (AvgIpc) is 2.45. The van der Waals surface area contributed by atoms with E-state index in [0.717, 1.165) is 6.42 Å². The molecule has 19 heavy (non-hydrogen) atoms. The molecule has 2 nitrogen and oxygen atoms in total. The molecule has 2 rings (SSSR count). The normalized spacial score (nSPS) is 10.5. The zero-order valence-corrected chi connectivity index (χ0v) is 12.2. The predicted molar refractivity (Wildman–Crippen MR) is 77.9 cm³/mol. The second-order valence-corrected chi connectivity index (χ2v) is 4.95. The summed E-state index contributed by atoms with van der Waals surface area (Å²) in [4.78, 5) is 0. The molecule has 0 atom stereocenters. The zero-order valence-electron chi connectivity index (χ0n) is 10.6. The molecule has 4 heteroatoms. The number of hydrogen-bond acceptors (Lipinski definition) is 2. The van der Waals surface area contributed by atoms with Crippen LogP contribution in [0.1, 0.15) is 18.1 Å². The van der Waals surface area contributed by atoms with Crippen LogP contribution in [0.3, 0.4) is 0 Å². The second-order valence-electron chi connectivity index (χ2n) is 4.15. The first-order valence-corrected chi connectivity index (χ1v) is 6.88. The fourth-order valence-electron chi connectivity index (χ4n) is 1.73. The minimum atomic E-state index is -0.428. The lowest BCUT2D eigenvalue weighted by Crippen LogP contribution is -2.00. The van der Waals surface area contributed by atoms with Gasteiger partial charge in [0.25, 0.3) is 0 Å². The quantitative estimate of drug-likeness (QED) is 0.904. The fourth-order valence-corrected chi connectivity index (χ4v) is 2.22. The van der Waals surface area contributed by atoms with Crippen molar-refractivity contribution >= 4 is 15.9 Å². The lowest BCUT2D eigenvalue weighted by molar-refractivity contribution is 0.439. The van der Waals surface area contributed by atoms with Crippen LogP contribution in [0.5, 0.6) is 11.5 Å². The van der Waals surface area contributed by atoms with E-state index >= 15 is 0 Å². The fraction of sp³-hybridized carbons (Fsp3) is 0.200. The Kier molecular flexibility index (Phi) is 4.56. The number of nitrogens with two attached hydrogens (primary N) is 1. The predicted octanol–water partition coefficient (Wildman–Crippen LogP) is 4.40. The summed E-state index contributed by atoms with van der Waals surface area (Å²) >= 11 is 3.19. The van der Waals surface area contributed by atoms with E-state index in [-0.39, 0.29) is 12.3 Å². The first-order valence-electron chi connectivity index (χ1n) is 6.09. The molecule has 0 spiro atoms. The van der Waals surface area contributed by atoms with E-state index < -0.39 is 5.82 Å². The summed E-state index contributed by atoms with van der Waals surface area (Å²) in [5.41, 5.74) is 7.45. The Labute approximate surface area is 120 Å². The van der Waals surface area contributed by atoms with Crippen molar-refractivity contribution in [1.29, 1.82) is 0 Å². The highest BCUT2D eigenvalue weighted by atomic mass is 79.9. The van der Waals surface area contributed by atoms with Gasteiger partial charge >= 0.3 is 0 Å². The summed E-state index contributed by atoms with van der Waals surface area (Å²) in [6.07, 6.45) is 0.964. The monoisotopic (exact) mass is 323 g/mol. The van der Waals surface area contributed by atoms with Gasteiger partial charge in [-0.25, -0.2) is 4.39 Å². The van der Waals surface area contributed by atoms with Crippen LogP contribution in [0.15, 0.2) is 40.9 Å². The molecule has 2 N–H and O–H groups in total. The van der Waals surface area contributed by atoms with Gasteiger partial charge in [-0.05, 0) is 51.7 Å². The molecular weight excluding hydrogens is 309 g/mol.